The van der Waals surface area contributed by atoms with Crippen molar-refractivity contribution >= 4 is 5.82 Å². The van der Waals surface area contributed by atoms with Gasteiger partial charge >= 0.3 is 0 Å². The molecule has 1 aliphatic rings. The molecule has 0 amide bonds. The predicted molar refractivity (Wildman–Crippen MR) is 89.9 cm³/mol. The van der Waals surface area contributed by atoms with E-state index in [4.69, 9.17) is 0 Å². The van der Waals surface area contributed by atoms with Crippen LogP contribution < -0.4 is 10.2 Å². The van der Waals surface area contributed by atoms with Crippen LogP contribution in [0.5, 0.6) is 0 Å². The molecular weight excluding hydrogens is 272 g/mol. The maximum atomic E-state index is 4.42. The van der Waals surface area contributed by atoms with E-state index in [1.165, 1.54) is 18.4 Å². The summed E-state index contributed by atoms with van der Waals surface area (Å²) in [7, 11) is 2.06. The number of aromatic nitrogens is 2. The van der Waals surface area contributed by atoms with E-state index < -0.39 is 0 Å². The van der Waals surface area contributed by atoms with E-state index in [0.29, 0.717) is 5.92 Å². The number of anilines is 1. The average molecular weight is 296 g/mol. The largest absolute Gasteiger partial charge is 0.354 e. The maximum absolute atomic E-state index is 4.42. The van der Waals surface area contributed by atoms with Crippen LogP contribution in [0.1, 0.15) is 24.1 Å². The number of rotatable bonds is 5. The molecule has 1 N–H and O–H groups in total. The molecule has 0 saturated carbocycles. The standard InChI is InChI=1S/C18H24N4/c1-22(14-15-6-3-2-4-7-15)18-10-9-17(20-21-18)12-16-8-5-11-19-13-16/h2-4,6-7,9-10,16,19H,5,8,11-14H2,1H3/t16-/m0/s1. The second kappa shape index (κ2) is 7.36. The summed E-state index contributed by atoms with van der Waals surface area (Å²) >= 11 is 0. The van der Waals surface area contributed by atoms with Gasteiger partial charge in [0.25, 0.3) is 0 Å². The Hall–Kier alpha value is -1.94. The number of piperidine rings is 1. The monoisotopic (exact) mass is 296 g/mol. The second-order valence-electron chi connectivity index (χ2n) is 6.14. The first-order valence-electron chi connectivity index (χ1n) is 8.09. The maximum Gasteiger partial charge on any atom is 0.151 e. The zero-order valence-corrected chi connectivity index (χ0v) is 13.2. The first-order chi connectivity index (χ1) is 10.8. The van der Waals surface area contributed by atoms with Gasteiger partial charge in [0.05, 0.1) is 5.69 Å². The van der Waals surface area contributed by atoms with E-state index >= 15 is 0 Å². The summed E-state index contributed by atoms with van der Waals surface area (Å²) in [6.07, 6.45) is 3.60. The zero-order chi connectivity index (χ0) is 15.2. The Balaban J connectivity index is 1.58. The number of benzene rings is 1. The van der Waals surface area contributed by atoms with Crippen molar-refractivity contribution in [2.24, 2.45) is 5.92 Å². The lowest BCUT2D eigenvalue weighted by Crippen LogP contribution is -2.31. The molecule has 1 saturated heterocycles. The van der Waals surface area contributed by atoms with E-state index in [0.717, 1.165) is 37.6 Å². The van der Waals surface area contributed by atoms with Crippen molar-refractivity contribution in [3.05, 3.63) is 53.7 Å². The van der Waals surface area contributed by atoms with Crippen LogP contribution in [0.4, 0.5) is 5.82 Å². The summed E-state index contributed by atoms with van der Waals surface area (Å²) in [6, 6.07) is 14.6. The van der Waals surface area contributed by atoms with Crippen molar-refractivity contribution in [3.8, 4) is 0 Å². The molecule has 1 aliphatic heterocycles. The van der Waals surface area contributed by atoms with Crippen LogP contribution in [0.15, 0.2) is 42.5 Å². The molecule has 2 heterocycles. The third-order valence-electron chi connectivity index (χ3n) is 4.26. The first-order valence-corrected chi connectivity index (χ1v) is 8.09. The van der Waals surface area contributed by atoms with Crippen LogP contribution in [-0.2, 0) is 13.0 Å². The molecule has 0 aliphatic carbocycles. The van der Waals surface area contributed by atoms with E-state index in [2.05, 4.69) is 63.9 Å². The number of nitrogens with one attached hydrogen (secondary N) is 1. The number of hydrogen-bond acceptors (Lipinski definition) is 4. The molecule has 4 heteroatoms. The van der Waals surface area contributed by atoms with Gasteiger partial charge in [-0.25, -0.2) is 0 Å². The molecule has 2 aromatic rings. The van der Waals surface area contributed by atoms with Gasteiger partial charge in [-0.15, -0.1) is 5.10 Å². The highest BCUT2D eigenvalue weighted by molar-refractivity contribution is 5.37. The summed E-state index contributed by atoms with van der Waals surface area (Å²) in [5.74, 6) is 1.63. The fourth-order valence-corrected chi connectivity index (χ4v) is 3.00. The molecular formula is C18H24N4. The van der Waals surface area contributed by atoms with E-state index in [1.807, 2.05) is 6.07 Å². The van der Waals surface area contributed by atoms with E-state index in [9.17, 15) is 0 Å². The van der Waals surface area contributed by atoms with Crippen LogP contribution in [-0.4, -0.2) is 30.3 Å². The van der Waals surface area contributed by atoms with Crippen LogP contribution >= 0.6 is 0 Å². The fraction of sp³-hybridized carbons (Fsp3) is 0.444. The average Bonchev–Trinajstić information content (AvgIpc) is 2.57. The molecule has 0 bridgehead atoms. The van der Waals surface area contributed by atoms with E-state index in [-0.39, 0.29) is 0 Å². The molecule has 22 heavy (non-hydrogen) atoms. The SMILES string of the molecule is CN(Cc1ccccc1)c1ccc(C[C@@H]2CCCNC2)nn1. The molecule has 1 aromatic heterocycles. The Kier molecular flexibility index (Phi) is 5.01. The Bertz CT molecular complexity index is 561. The van der Waals surface area contributed by atoms with Gasteiger partial charge in [-0.05, 0) is 56.0 Å². The van der Waals surface area contributed by atoms with Crippen LogP contribution in [0, 0.1) is 5.92 Å². The van der Waals surface area contributed by atoms with Crippen molar-refractivity contribution in [1.29, 1.82) is 0 Å². The van der Waals surface area contributed by atoms with Crippen LogP contribution in [0.3, 0.4) is 0 Å². The summed E-state index contributed by atoms with van der Waals surface area (Å²) < 4.78 is 0. The van der Waals surface area contributed by atoms with Crippen molar-refractivity contribution in [1.82, 2.24) is 15.5 Å². The Morgan fingerprint density at radius 2 is 2.00 bits per heavy atom. The van der Waals surface area contributed by atoms with Gasteiger partial charge in [0.1, 0.15) is 0 Å². The van der Waals surface area contributed by atoms with Gasteiger partial charge < -0.3 is 10.2 Å². The minimum atomic E-state index is 0.705. The normalized spacial score (nSPS) is 18.1. The first kappa shape index (κ1) is 15.0. The lowest BCUT2D eigenvalue weighted by atomic mass is 9.95. The van der Waals surface area contributed by atoms with Crippen LogP contribution in [0.25, 0.3) is 0 Å². The fourth-order valence-electron chi connectivity index (χ4n) is 3.00. The van der Waals surface area contributed by atoms with Gasteiger partial charge in [0.2, 0.25) is 0 Å². The molecule has 1 fully saturated rings. The zero-order valence-electron chi connectivity index (χ0n) is 13.2. The summed E-state index contributed by atoms with van der Waals surface area (Å²) in [5.41, 5.74) is 2.38. The molecule has 0 spiro atoms. The van der Waals surface area contributed by atoms with Crippen molar-refractivity contribution in [2.45, 2.75) is 25.8 Å². The molecule has 1 atom stereocenters. The molecule has 116 valence electrons. The smallest absolute Gasteiger partial charge is 0.151 e. The van der Waals surface area contributed by atoms with Gasteiger partial charge in [-0.2, -0.15) is 5.10 Å². The Morgan fingerprint density at radius 1 is 1.14 bits per heavy atom. The molecule has 4 nitrogen and oxygen atoms in total. The minimum absolute atomic E-state index is 0.705. The minimum Gasteiger partial charge on any atom is -0.354 e. The molecule has 0 unspecified atom stereocenters. The van der Waals surface area contributed by atoms with E-state index in [1.54, 1.807) is 0 Å². The van der Waals surface area contributed by atoms with Gasteiger partial charge in [0, 0.05) is 13.6 Å². The third kappa shape index (κ3) is 4.04. The highest BCUT2D eigenvalue weighted by atomic mass is 15.2. The quantitative estimate of drug-likeness (QED) is 0.921. The number of nitrogens with zero attached hydrogens (tertiary/aromatic N) is 3. The van der Waals surface area contributed by atoms with Gasteiger partial charge in [0.15, 0.2) is 5.82 Å². The lowest BCUT2D eigenvalue weighted by Gasteiger charge is -2.22. The van der Waals surface area contributed by atoms with Crippen LogP contribution in [0.2, 0.25) is 0 Å². The highest BCUT2D eigenvalue weighted by Crippen LogP contribution is 2.17. The molecule has 0 radical (unpaired) electrons. The lowest BCUT2D eigenvalue weighted by molar-refractivity contribution is 0.372. The molecule has 1 aromatic carbocycles. The number of hydrogen-bond donors (Lipinski definition) is 1. The molecule has 3 rings (SSSR count). The van der Waals surface area contributed by atoms with Gasteiger partial charge in [-0.1, -0.05) is 30.3 Å². The van der Waals surface area contributed by atoms with Gasteiger partial charge in [-0.3, -0.25) is 0 Å². The second-order valence-corrected chi connectivity index (χ2v) is 6.14. The van der Waals surface area contributed by atoms with Crippen molar-refractivity contribution < 1.29 is 0 Å². The third-order valence-corrected chi connectivity index (χ3v) is 4.26. The predicted octanol–water partition coefficient (Wildman–Crippen LogP) is 2.66. The van der Waals surface area contributed by atoms with Crippen molar-refractivity contribution in [3.63, 3.8) is 0 Å². The Morgan fingerprint density at radius 3 is 2.68 bits per heavy atom. The topological polar surface area (TPSA) is 41.0 Å². The summed E-state index contributed by atoms with van der Waals surface area (Å²) in [6.45, 7) is 3.12. The van der Waals surface area contributed by atoms with Crippen molar-refractivity contribution in [2.75, 3.05) is 25.0 Å². The summed E-state index contributed by atoms with van der Waals surface area (Å²) in [4.78, 5) is 2.13. The Labute approximate surface area is 132 Å². The highest BCUT2D eigenvalue weighted by Gasteiger charge is 2.14. The summed E-state index contributed by atoms with van der Waals surface area (Å²) in [5, 5.41) is 12.3.